The summed E-state index contributed by atoms with van der Waals surface area (Å²) >= 11 is 0. The smallest absolute Gasteiger partial charge is 0.338 e. The van der Waals surface area contributed by atoms with E-state index in [1.807, 2.05) is 12.1 Å². The molecule has 1 aromatic rings. The molecule has 1 fully saturated rings. The summed E-state index contributed by atoms with van der Waals surface area (Å²) in [6, 6.07) is 7.35. The van der Waals surface area contributed by atoms with Crippen LogP contribution in [0.15, 0.2) is 24.3 Å². The van der Waals surface area contributed by atoms with E-state index in [1.54, 1.807) is 12.1 Å². The molecular formula is C29H48O5. The Balaban J connectivity index is 1.43. The van der Waals surface area contributed by atoms with E-state index < -0.39 is 0 Å². The predicted molar refractivity (Wildman–Crippen MR) is 137 cm³/mol. The fraction of sp³-hybridized carbons (Fsp3) is 0.759. The fourth-order valence-corrected chi connectivity index (χ4v) is 4.43. The van der Waals surface area contributed by atoms with E-state index in [4.69, 9.17) is 19.2 Å². The topological polar surface area (TPSA) is 54.0 Å². The Hall–Kier alpha value is -1.43. The highest BCUT2D eigenvalue weighted by molar-refractivity contribution is 5.89. The first kappa shape index (κ1) is 28.8. The van der Waals surface area contributed by atoms with Crippen molar-refractivity contribution in [3.8, 4) is 0 Å². The van der Waals surface area contributed by atoms with Gasteiger partial charge in [-0.25, -0.2) is 14.6 Å². The van der Waals surface area contributed by atoms with Crippen molar-refractivity contribution in [3.63, 3.8) is 0 Å². The second kappa shape index (κ2) is 18.8. The Morgan fingerprint density at radius 1 is 0.765 bits per heavy atom. The van der Waals surface area contributed by atoms with Gasteiger partial charge in [0, 0.05) is 6.61 Å². The molecule has 0 radical (unpaired) electrons. The van der Waals surface area contributed by atoms with Gasteiger partial charge >= 0.3 is 5.97 Å². The Labute approximate surface area is 207 Å². The molecule has 0 heterocycles. The molecule has 5 nitrogen and oxygen atoms in total. The van der Waals surface area contributed by atoms with Gasteiger partial charge in [-0.3, -0.25) is 0 Å². The maximum Gasteiger partial charge on any atom is 0.338 e. The fourth-order valence-electron chi connectivity index (χ4n) is 4.43. The number of carbonyl (C=O) groups excluding carboxylic acids is 1. The average molecular weight is 477 g/mol. The molecule has 0 N–H and O–H groups in total. The van der Waals surface area contributed by atoms with Gasteiger partial charge in [0.15, 0.2) is 0 Å². The van der Waals surface area contributed by atoms with Crippen LogP contribution in [-0.4, -0.2) is 31.9 Å². The Kier molecular flexibility index (Phi) is 16.0. The van der Waals surface area contributed by atoms with Crippen molar-refractivity contribution in [2.75, 3.05) is 19.8 Å². The van der Waals surface area contributed by atoms with E-state index in [2.05, 4.69) is 13.8 Å². The Morgan fingerprint density at radius 2 is 1.41 bits per heavy atom. The molecule has 194 valence electrons. The van der Waals surface area contributed by atoms with Crippen LogP contribution < -0.4 is 0 Å². The maximum absolute atomic E-state index is 12.2. The first-order chi connectivity index (χ1) is 16.7. The number of carbonyl (C=O) groups is 1. The van der Waals surface area contributed by atoms with E-state index in [0.29, 0.717) is 31.5 Å². The van der Waals surface area contributed by atoms with Crippen LogP contribution in [0, 0.1) is 5.92 Å². The highest BCUT2D eigenvalue weighted by atomic mass is 17.2. The lowest BCUT2D eigenvalue weighted by molar-refractivity contribution is -0.304. The molecule has 0 saturated heterocycles. The van der Waals surface area contributed by atoms with Crippen LogP contribution in [0.1, 0.15) is 120 Å². The zero-order valence-electron chi connectivity index (χ0n) is 21.7. The van der Waals surface area contributed by atoms with Crippen molar-refractivity contribution in [3.05, 3.63) is 35.4 Å². The number of unbranched alkanes of at least 4 members (excludes halogenated alkanes) is 7. The van der Waals surface area contributed by atoms with Crippen LogP contribution in [0.2, 0.25) is 0 Å². The molecule has 0 amide bonds. The zero-order valence-corrected chi connectivity index (χ0v) is 21.7. The third-order valence-electron chi connectivity index (χ3n) is 6.83. The van der Waals surface area contributed by atoms with Crippen molar-refractivity contribution >= 4 is 5.97 Å². The molecule has 0 aromatic heterocycles. The molecule has 1 aliphatic carbocycles. The van der Waals surface area contributed by atoms with Gasteiger partial charge in [0.2, 0.25) is 0 Å². The van der Waals surface area contributed by atoms with Gasteiger partial charge in [-0.15, -0.1) is 0 Å². The third-order valence-corrected chi connectivity index (χ3v) is 6.83. The number of ether oxygens (including phenoxy) is 2. The molecule has 1 aromatic carbocycles. The van der Waals surface area contributed by atoms with Crippen molar-refractivity contribution in [1.82, 2.24) is 0 Å². The minimum absolute atomic E-state index is 0.262. The van der Waals surface area contributed by atoms with Gasteiger partial charge in [0.1, 0.15) is 6.61 Å². The van der Waals surface area contributed by atoms with Gasteiger partial charge in [-0.2, -0.15) is 0 Å². The SMILES string of the molecule is CCCCCCCOOCc1ccc(C(=O)OCCCCCCOC2CCC(CC)CC2)cc1. The number of benzene rings is 1. The van der Waals surface area contributed by atoms with Gasteiger partial charge in [-0.1, -0.05) is 64.5 Å². The summed E-state index contributed by atoms with van der Waals surface area (Å²) in [6.45, 7) is 6.85. The van der Waals surface area contributed by atoms with Crippen LogP contribution >= 0.6 is 0 Å². The molecule has 1 aliphatic rings. The predicted octanol–water partition coefficient (Wildman–Crippen LogP) is 7.81. The van der Waals surface area contributed by atoms with Gasteiger partial charge in [0.05, 0.1) is 24.9 Å². The van der Waals surface area contributed by atoms with E-state index in [0.717, 1.165) is 50.2 Å². The summed E-state index contributed by atoms with van der Waals surface area (Å²) in [6.07, 6.45) is 17.1. The second-order valence-electron chi connectivity index (χ2n) is 9.67. The largest absolute Gasteiger partial charge is 0.462 e. The number of hydrogen-bond donors (Lipinski definition) is 0. The normalized spacial score (nSPS) is 18.2. The monoisotopic (exact) mass is 476 g/mol. The summed E-state index contributed by atoms with van der Waals surface area (Å²) in [5.41, 5.74) is 1.55. The van der Waals surface area contributed by atoms with E-state index in [1.165, 1.54) is 57.8 Å². The summed E-state index contributed by atoms with van der Waals surface area (Å²) in [7, 11) is 0. The molecule has 0 bridgehead atoms. The highest BCUT2D eigenvalue weighted by Gasteiger charge is 2.19. The van der Waals surface area contributed by atoms with Crippen molar-refractivity contribution < 1.29 is 24.0 Å². The molecule has 34 heavy (non-hydrogen) atoms. The lowest BCUT2D eigenvalue weighted by atomic mass is 9.86. The zero-order chi connectivity index (χ0) is 24.3. The minimum Gasteiger partial charge on any atom is -0.462 e. The number of esters is 1. The molecule has 5 heteroatoms. The summed E-state index contributed by atoms with van der Waals surface area (Å²) < 4.78 is 11.5. The van der Waals surface area contributed by atoms with E-state index >= 15 is 0 Å². The molecule has 1 saturated carbocycles. The second-order valence-corrected chi connectivity index (χ2v) is 9.67. The molecule has 0 unspecified atom stereocenters. The Morgan fingerprint density at radius 3 is 2.09 bits per heavy atom. The molecular weight excluding hydrogens is 428 g/mol. The van der Waals surface area contributed by atoms with E-state index in [9.17, 15) is 4.79 Å². The molecule has 0 spiro atoms. The minimum atomic E-state index is -0.262. The molecule has 0 aliphatic heterocycles. The Bertz CT molecular complexity index is 622. The summed E-state index contributed by atoms with van der Waals surface area (Å²) in [4.78, 5) is 22.7. The van der Waals surface area contributed by atoms with Gasteiger partial charge in [0.25, 0.3) is 0 Å². The van der Waals surface area contributed by atoms with Crippen molar-refractivity contribution in [2.45, 2.75) is 116 Å². The highest BCUT2D eigenvalue weighted by Crippen LogP contribution is 2.28. The lowest BCUT2D eigenvalue weighted by Gasteiger charge is -2.27. The van der Waals surface area contributed by atoms with Crippen molar-refractivity contribution in [2.24, 2.45) is 5.92 Å². The first-order valence-corrected chi connectivity index (χ1v) is 13.8. The molecule has 2 rings (SSSR count). The number of hydrogen-bond acceptors (Lipinski definition) is 5. The quantitative estimate of drug-likeness (QED) is 0.0882. The van der Waals surface area contributed by atoms with Crippen LogP contribution in [0.3, 0.4) is 0 Å². The first-order valence-electron chi connectivity index (χ1n) is 13.8. The average Bonchev–Trinajstić information content (AvgIpc) is 2.87. The van der Waals surface area contributed by atoms with Crippen LogP contribution in [0.25, 0.3) is 0 Å². The van der Waals surface area contributed by atoms with E-state index in [-0.39, 0.29) is 5.97 Å². The number of rotatable bonds is 19. The standard InChI is InChI=1S/C29H48O5/c1-3-5-6-7-12-23-33-34-24-26-13-17-27(18-14-26)29(30)32-22-11-9-8-10-21-31-28-19-15-25(4-2)16-20-28/h13-14,17-18,25,28H,3-12,15-16,19-24H2,1-2H3. The third kappa shape index (κ3) is 12.9. The summed E-state index contributed by atoms with van der Waals surface area (Å²) in [5, 5.41) is 0. The maximum atomic E-state index is 12.2. The lowest BCUT2D eigenvalue weighted by Crippen LogP contribution is -2.21. The summed E-state index contributed by atoms with van der Waals surface area (Å²) in [5.74, 6) is 0.658. The van der Waals surface area contributed by atoms with Gasteiger partial charge in [-0.05, 0) is 75.0 Å². The van der Waals surface area contributed by atoms with Crippen LogP contribution in [-0.2, 0) is 25.9 Å². The van der Waals surface area contributed by atoms with Crippen molar-refractivity contribution in [1.29, 1.82) is 0 Å². The van der Waals surface area contributed by atoms with Crippen LogP contribution in [0.5, 0.6) is 0 Å². The molecule has 0 atom stereocenters. The van der Waals surface area contributed by atoms with Crippen LogP contribution in [0.4, 0.5) is 0 Å². The van der Waals surface area contributed by atoms with Gasteiger partial charge < -0.3 is 9.47 Å².